The van der Waals surface area contributed by atoms with E-state index < -0.39 is 0 Å². The van der Waals surface area contributed by atoms with Gasteiger partial charge in [-0.1, -0.05) is 29.8 Å². The van der Waals surface area contributed by atoms with E-state index in [1.165, 1.54) is 10.4 Å². The quantitative estimate of drug-likeness (QED) is 0.760. The van der Waals surface area contributed by atoms with E-state index in [0.717, 1.165) is 54.4 Å². The van der Waals surface area contributed by atoms with Crippen LogP contribution in [0.2, 0.25) is 4.34 Å². The van der Waals surface area contributed by atoms with Crippen LogP contribution in [0, 0.1) is 0 Å². The van der Waals surface area contributed by atoms with Crippen LogP contribution >= 0.6 is 22.9 Å². The Labute approximate surface area is 155 Å². The number of hydrogen-bond donors (Lipinski definition) is 1. The first-order valence-corrected chi connectivity index (χ1v) is 9.67. The number of pyridine rings is 1. The summed E-state index contributed by atoms with van der Waals surface area (Å²) in [6, 6.07) is 11.9. The Morgan fingerprint density at radius 3 is 2.32 bits per heavy atom. The van der Waals surface area contributed by atoms with E-state index in [-0.39, 0.29) is 5.56 Å². The number of hydrogen-bond acceptors (Lipinski definition) is 4. The van der Waals surface area contributed by atoms with Crippen LogP contribution in [0.25, 0.3) is 10.8 Å². The van der Waals surface area contributed by atoms with Crippen LogP contribution in [-0.2, 0) is 13.1 Å². The molecule has 0 aliphatic carbocycles. The molecule has 6 heteroatoms. The second-order valence-electron chi connectivity index (χ2n) is 6.45. The van der Waals surface area contributed by atoms with Crippen LogP contribution < -0.4 is 5.56 Å². The highest BCUT2D eigenvalue weighted by Gasteiger charge is 2.18. The van der Waals surface area contributed by atoms with Crippen LogP contribution in [0.5, 0.6) is 0 Å². The molecule has 130 valence electrons. The zero-order chi connectivity index (χ0) is 17.2. The molecule has 25 heavy (non-hydrogen) atoms. The van der Waals surface area contributed by atoms with Gasteiger partial charge in [-0.05, 0) is 29.1 Å². The number of H-pyrrole nitrogens is 1. The van der Waals surface area contributed by atoms with Crippen LogP contribution in [0.3, 0.4) is 0 Å². The minimum atomic E-state index is -0.0150. The van der Waals surface area contributed by atoms with Gasteiger partial charge in [0, 0.05) is 55.7 Å². The number of thiophene rings is 1. The van der Waals surface area contributed by atoms with Crippen LogP contribution in [0.4, 0.5) is 0 Å². The van der Waals surface area contributed by atoms with Crippen molar-refractivity contribution in [3.05, 3.63) is 67.7 Å². The maximum absolute atomic E-state index is 12.0. The molecule has 0 atom stereocenters. The Morgan fingerprint density at radius 1 is 0.960 bits per heavy atom. The number of nitrogens with zero attached hydrogens (tertiary/aromatic N) is 2. The van der Waals surface area contributed by atoms with Gasteiger partial charge in [-0.2, -0.15) is 0 Å². The Balaban J connectivity index is 1.41. The topological polar surface area (TPSA) is 39.3 Å². The third-order valence-electron chi connectivity index (χ3n) is 4.76. The largest absolute Gasteiger partial charge is 0.328 e. The van der Waals surface area contributed by atoms with Crippen LogP contribution in [0.15, 0.2) is 47.4 Å². The normalized spacial score (nSPS) is 16.5. The second-order valence-corrected chi connectivity index (χ2v) is 8.25. The molecular formula is C19H20ClN3OS. The lowest BCUT2D eigenvalue weighted by molar-refractivity contribution is 0.123. The summed E-state index contributed by atoms with van der Waals surface area (Å²) < 4.78 is 0.860. The van der Waals surface area contributed by atoms with Crippen molar-refractivity contribution in [2.45, 2.75) is 13.1 Å². The lowest BCUT2D eigenvalue weighted by Crippen LogP contribution is -2.45. The van der Waals surface area contributed by atoms with E-state index in [4.69, 9.17) is 11.6 Å². The van der Waals surface area contributed by atoms with Crippen molar-refractivity contribution < 1.29 is 0 Å². The highest BCUT2D eigenvalue weighted by molar-refractivity contribution is 7.16. The Kier molecular flexibility index (Phi) is 4.90. The smallest absolute Gasteiger partial charge is 0.255 e. The number of benzene rings is 1. The number of nitrogens with one attached hydrogen (secondary N) is 1. The minimum absolute atomic E-state index is 0.0150. The average molecular weight is 374 g/mol. The molecule has 0 radical (unpaired) electrons. The molecule has 1 N–H and O–H groups in total. The highest BCUT2D eigenvalue weighted by atomic mass is 35.5. The van der Waals surface area contributed by atoms with Crippen molar-refractivity contribution in [3.63, 3.8) is 0 Å². The third kappa shape index (κ3) is 3.80. The van der Waals surface area contributed by atoms with Crippen molar-refractivity contribution in [1.29, 1.82) is 0 Å². The van der Waals surface area contributed by atoms with E-state index in [2.05, 4.69) is 20.9 Å². The zero-order valence-electron chi connectivity index (χ0n) is 13.9. The summed E-state index contributed by atoms with van der Waals surface area (Å²) >= 11 is 7.68. The number of piperazine rings is 1. The Hall–Kier alpha value is -1.66. The Morgan fingerprint density at radius 2 is 1.64 bits per heavy atom. The molecule has 0 saturated carbocycles. The van der Waals surface area contributed by atoms with Gasteiger partial charge >= 0.3 is 0 Å². The first-order valence-electron chi connectivity index (χ1n) is 8.47. The maximum Gasteiger partial charge on any atom is 0.255 e. The summed E-state index contributed by atoms with van der Waals surface area (Å²) in [5.74, 6) is 0. The van der Waals surface area contributed by atoms with Crippen molar-refractivity contribution in [3.8, 4) is 0 Å². The molecule has 2 aromatic heterocycles. The van der Waals surface area contributed by atoms with E-state index in [1.54, 1.807) is 11.3 Å². The average Bonchev–Trinajstić information content (AvgIpc) is 3.04. The Bertz CT molecular complexity index is 928. The van der Waals surface area contributed by atoms with Gasteiger partial charge in [-0.15, -0.1) is 11.3 Å². The fourth-order valence-electron chi connectivity index (χ4n) is 3.40. The molecule has 1 aliphatic heterocycles. The molecule has 1 fully saturated rings. The molecule has 0 spiro atoms. The maximum atomic E-state index is 12.0. The molecule has 1 aromatic carbocycles. The fraction of sp³-hybridized carbons (Fsp3) is 0.316. The second kappa shape index (κ2) is 7.30. The SMILES string of the molecule is O=c1[nH]cc(CN2CCN(Cc3ccc(Cl)s3)CC2)c2ccccc12. The summed E-state index contributed by atoms with van der Waals surface area (Å²) in [7, 11) is 0. The first kappa shape index (κ1) is 16.8. The lowest BCUT2D eigenvalue weighted by atomic mass is 10.1. The standard InChI is InChI=1S/C19H20ClN3OS/c20-18-6-5-15(25-18)13-23-9-7-22(8-10-23)12-14-11-21-19(24)17-4-2-1-3-16(14)17/h1-6,11H,7-10,12-13H2,(H,21,24). The van der Waals surface area contributed by atoms with Crippen molar-refractivity contribution in [2.24, 2.45) is 0 Å². The van der Waals surface area contributed by atoms with Gasteiger partial charge in [0.1, 0.15) is 0 Å². The lowest BCUT2D eigenvalue weighted by Gasteiger charge is -2.34. The number of aromatic amines is 1. The van der Waals surface area contributed by atoms with E-state index in [0.29, 0.717) is 0 Å². The van der Waals surface area contributed by atoms with E-state index in [9.17, 15) is 4.79 Å². The minimum Gasteiger partial charge on any atom is -0.328 e. The van der Waals surface area contributed by atoms with Crippen molar-refractivity contribution in [1.82, 2.24) is 14.8 Å². The molecule has 4 nitrogen and oxygen atoms in total. The van der Waals surface area contributed by atoms with Gasteiger partial charge in [-0.3, -0.25) is 14.6 Å². The van der Waals surface area contributed by atoms with Crippen LogP contribution in [-0.4, -0.2) is 41.0 Å². The zero-order valence-corrected chi connectivity index (χ0v) is 15.4. The molecule has 0 amide bonds. The molecule has 1 saturated heterocycles. The number of halogens is 1. The summed E-state index contributed by atoms with van der Waals surface area (Å²) in [4.78, 5) is 21.1. The first-order chi connectivity index (χ1) is 12.2. The van der Waals surface area contributed by atoms with Crippen molar-refractivity contribution in [2.75, 3.05) is 26.2 Å². The van der Waals surface area contributed by atoms with Gasteiger partial charge in [0.2, 0.25) is 0 Å². The monoisotopic (exact) mass is 373 g/mol. The molecule has 0 bridgehead atoms. The summed E-state index contributed by atoms with van der Waals surface area (Å²) in [6.45, 7) is 6.02. The number of aromatic nitrogens is 1. The molecule has 0 unspecified atom stereocenters. The van der Waals surface area contributed by atoms with Gasteiger partial charge in [0.05, 0.1) is 4.34 Å². The predicted octanol–water partition coefficient (Wildman–Crippen LogP) is 3.56. The van der Waals surface area contributed by atoms with Crippen LogP contribution in [0.1, 0.15) is 10.4 Å². The number of fused-ring (bicyclic) bond motifs is 1. The molecule has 3 aromatic rings. The molecule has 4 rings (SSSR count). The van der Waals surface area contributed by atoms with Gasteiger partial charge < -0.3 is 4.98 Å². The van der Waals surface area contributed by atoms with Crippen molar-refractivity contribution >= 4 is 33.7 Å². The third-order valence-corrected chi connectivity index (χ3v) is 5.98. The summed E-state index contributed by atoms with van der Waals surface area (Å²) in [5, 5.41) is 1.83. The summed E-state index contributed by atoms with van der Waals surface area (Å²) in [6.07, 6.45) is 1.87. The predicted molar refractivity (Wildman–Crippen MR) is 104 cm³/mol. The molecule has 1 aliphatic rings. The summed E-state index contributed by atoms with van der Waals surface area (Å²) in [5.41, 5.74) is 1.17. The van der Waals surface area contributed by atoms with Gasteiger partial charge in [0.15, 0.2) is 0 Å². The molecular weight excluding hydrogens is 354 g/mol. The highest BCUT2D eigenvalue weighted by Crippen LogP contribution is 2.23. The molecule has 3 heterocycles. The van der Waals surface area contributed by atoms with E-state index >= 15 is 0 Å². The van der Waals surface area contributed by atoms with E-state index in [1.807, 2.05) is 36.5 Å². The number of rotatable bonds is 4. The van der Waals surface area contributed by atoms with Gasteiger partial charge in [-0.25, -0.2) is 0 Å². The fourth-order valence-corrected chi connectivity index (χ4v) is 4.53. The van der Waals surface area contributed by atoms with Gasteiger partial charge in [0.25, 0.3) is 5.56 Å².